The third-order valence-electron chi connectivity index (χ3n) is 5.05. The van der Waals surface area contributed by atoms with Crippen LogP contribution in [0.1, 0.15) is 30.9 Å². The average Bonchev–Trinajstić information content (AvgIpc) is 2.73. The highest BCUT2D eigenvalue weighted by atomic mass is 19.3. The molecular formula is C23H22F2N2O5. The van der Waals surface area contributed by atoms with E-state index in [1.165, 1.54) is 31.2 Å². The zero-order valence-electron chi connectivity index (χ0n) is 17.5. The van der Waals surface area contributed by atoms with Crippen LogP contribution in [-0.4, -0.2) is 24.1 Å². The van der Waals surface area contributed by atoms with Gasteiger partial charge in [0, 0.05) is 17.7 Å². The Bertz CT molecular complexity index is 1070. The van der Waals surface area contributed by atoms with Crippen LogP contribution < -0.4 is 10.1 Å². The second kappa shape index (κ2) is 10.0. The number of carbonyl (C=O) groups is 1. The van der Waals surface area contributed by atoms with Crippen molar-refractivity contribution in [1.29, 1.82) is 0 Å². The Balaban J connectivity index is 1.97. The number of halogens is 2. The molecule has 0 radical (unpaired) electrons. The van der Waals surface area contributed by atoms with Gasteiger partial charge in [0.2, 0.25) is 0 Å². The summed E-state index contributed by atoms with van der Waals surface area (Å²) >= 11 is 0. The standard InChI is InChI=1S/C23H22F2N2O5/c1-14-19(22(28)31-13-12-16-8-4-3-5-9-16)20(21(27(29)30)15(2)26-14)17-10-6-7-11-18(17)32-23(24)25/h3-11,20,23,26H,12-13H2,1-2H3. The van der Waals surface area contributed by atoms with Gasteiger partial charge in [0.15, 0.2) is 0 Å². The molecule has 1 N–H and O–H groups in total. The highest BCUT2D eigenvalue weighted by molar-refractivity contribution is 5.92. The summed E-state index contributed by atoms with van der Waals surface area (Å²) in [5.74, 6) is -2.26. The molecule has 168 valence electrons. The Morgan fingerprint density at radius 3 is 2.41 bits per heavy atom. The van der Waals surface area contributed by atoms with Gasteiger partial charge in [-0.1, -0.05) is 48.5 Å². The third-order valence-corrected chi connectivity index (χ3v) is 5.05. The lowest BCUT2D eigenvalue weighted by Gasteiger charge is -2.27. The first-order valence-corrected chi connectivity index (χ1v) is 9.87. The number of rotatable bonds is 8. The SMILES string of the molecule is CC1=C(C(=O)OCCc2ccccc2)C(c2ccccc2OC(F)F)C([N+](=O)[O-])=C(C)N1. The van der Waals surface area contributed by atoms with Crippen LogP contribution >= 0.6 is 0 Å². The van der Waals surface area contributed by atoms with Crippen molar-refractivity contribution in [3.05, 3.63) is 98.5 Å². The fourth-order valence-corrected chi connectivity index (χ4v) is 3.70. The Labute approximate surface area is 183 Å². The summed E-state index contributed by atoms with van der Waals surface area (Å²) in [4.78, 5) is 24.3. The molecular weight excluding hydrogens is 422 g/mol. The second-order valence-corrected chi connectivity index (χ2v) is 7.15. The number of carbonyl (C=O) groups excluding carboxylic acids is 1. The van der Waals surface area contributed by atoms with Crippen molar-refractivity contribution in [2.75, 3.05) is 6.61 Å². The third kappa shape index (κ3) is 5.11. The molecule has 1 aliphatic heterocycles. The number of ether oxygens (including phenoxy) is 2. The van der Waals surface area contributed by atoms with E-state index in [9.17, 15) is 23.7 Å². The summed E-state index contributed by atoms with van der Waals surface area (Å²) in [6, 6.07) is 15.1. The van der Waals surface area contributed by atoms with Crippen molar-refractivity contribution in [3.8, 4) is 5.75 Å². The molecule has 0 fully saturated rings. The van der Waals surface area contributed by atoms with E-state index in [0.717, 1.165) is 5.56 Å². The van der Waals surface area contributed by atoms with Crippen molar-refractivity contribution in [3.63, 3.8) is 0 Å². The van der Waals surface area contributed by atoms with Crippen molar-refractivity contribution in [1.82, 2.24) is 5.32 Å². The van der Waals surface area contributed by atoms with E-state index in [-0.39, 0.29) is 34.9 Å². The summed E-state index contributed by atoms with van der Waals surface area (Å²) in [5, 5.41) is 14.7. The van der Waals surface area contributed by atoms with Crippen LogP contribution in [0.4, 0.5) is 8.78 Å². The average molecular weight is 444 g/mol. The number of dihydropyridines is 1. The highest BCUT2D eigenvalue weighted by Gasteiger charge is 2.42. The topological polar surface area (TPSA) is 90.7 Å². The van der Waals surface area contributed by atoms with Gasteiger partial charge in [0.1, 0.15) is 11.7 Å². The second-order valence-electron chi connectivity index (χ2n) is 7.15. The molecule has 0 amide bonds. The molecule has 2 aromatic rings. The molecule has 0 spiro atoms. The monoisotopic (exact) mass is 444 g/mol. The van der Waals surface area contributed by atoms with Gasteiger partial charge >= 0.3 is 12.6 Å². The molecule has 1 atom stereocenters. The smallest absolute Gasteiger partial charge is 0.387 e. The minimum Gasteiger partial charge on any atom is -0.462 e. The number of hydrogen-bond donors (Lipinski definition) is 1. The van der Waals surface area contributed by atoms with Crippen LogP contribution in [-0.2, 0) is 16.0 Å². The first kappa shape index (κ1) is 22.9. The van der Waals surface area contributed by atoms with Gasteiger partial charge in [-0.05, 0) is 25.5 Å². The van der Waals surface area contributed by atoms with E-state index < -0.39 is 23.4 Å². The summed E-state index contributed by atoms with van der Waals surface area (Å²) in [6.45, 7) is -0.00779. The number of para-hydroxylation sites is 1. The number of alkyl halides is 2. The minimum atomic E-state index is -3.13. The van der Waals surface area contributed by atoms with Gasteiger partial charge < -0.3 is 14.8 Å². The number of nitrogens with zero attached hydrogens (tertiary/aromatic N) is 1. The molecule has 0 saturated carbocycles. The molecule has 0 saturated heterocycles. The fourth-order valence-electron chi connectivity index (χ4n) is 3.70. The van der Waals surface area contributed by atoms with Gasteiger partial charge in [-0.15, -0.1) is 0 Å². The van der Waals surface area contributed by atoms with Gasteiger partial charge in [0.05, 0.1) is 22.8 Å². The van der Waals surface area contributed by atoms with E-state index in [1.807, 2.05) is 30.3 Å². The maximum absolute atomic E-state index is 13.0. The lowest BCUT2D eigenvalue weighted by Crippen LogP contribution is -2.32. The van der Waals surface area contributed by atoms with Crippen LogP contribution in [0.15, 0.2) is 77.3 Å². The fraction of sp³-hybridized carbons (Fsp3) is 0.261. The van der Waals surface area contributed by atoms with Crippen LogP contribution in [0.2, 0.25) is 0 Å². The highest BCUT2D eigenvalue weighted by Crippen LogP contribution is 2.42. The van der Waals surface area contributed by atoms with Gasteiger partial charge in [-0.3, -0.25) is 10.1 Å². The van der Waals surface area contributed by atoms with E-state index in [0.29, 0.717) is 12.1 Å². The summed E-state index contributed by atoms with van der Waals surface area (Å²) in [5.41, 5.74) is 1.22. The van der Waals surface area contributed by atoms with Gasteiger partial charge in [-0.2, -0.15) is 8.78 Å². The first-order valence-electron chi connectivity index (χ1n) is 9.87. The number of hydrogen-bond acceptors (Lipinski definition) is 6. The van der Waals surface area contributed by atoms with E-state index in [2.05, 4.69) is 10.1 Å². The Hall–Kier alpha value is -3.75. The van der Waals surface area contributed by atoms with E-state index in [1.54, 1.807) is 6.92 Å². The Morgan fingerprint density at radius 1 is 1.09 bits per heavy atom. The van der Waals surface area contributed by atoms with E-state index >= 15 is 0 Å². The molecule has 0 bridgehead atoms. The van der Waals surface area contributed by atoms with Crippen LogP contribution in [0.5, 0.6) is 5.75 Å². The predicted molar refractivity (Wildman–Crippen MR) is 112 cm³/mol. The molecule has 0 aromatic heterocycles. The molecule has 1 heterocycles. The summed E-state index contributed by atoms with van der Waals surface area (Å²) in [7, 11) is 0. The summed E-state index contributed by atoms with van der Waals surface area (Å²) < 4.78 is 36.0. The number of esters is 1. The quantitative estimate of drug-likeness (QED) is 0.365. The van der Waals surface area contributed by atoms with Crippen molar-refractivity contribution in [2.45, 2.75) is 32.8 Å². The largest absolute Gasteiger partial charge is 0.462 e. The molecule has 7 nitrogen and oxygen atoms in total. The molecule has 2 aromatic carbocycles. The first-order chi connectivity index (χ1) is 15.3. The van der Waals surface area contributed by atoms with Crippen molar-refractivity contribution in [2.24, 2.45) is 0 Å². The molecule has 9 heteroatoms. The van der Waals surface area contributed by atoms with Crippen LogP contribution in [0.25, 0.3) is 0 Å². The van der Waals surface area contributed by atoms with Crippen molar-refractivity contribution < 1.29 is 28.0 Å². The molecule has 3 rings (SSSR count). The zero-order chi connectivity index (χ0) is 23.3. The Kier molecular flexibility index (Phi) is 7.19. The lowest BCUT2D eigenvalue weighted by atomic mass is 9.83. The van der Waals surface area contributed by atoms with Crippen LogP contribution in [0.3, 0.4) is 0 Å². The maximum Gasteiger partial charge on any atom is 0.387 e. The van der Waals surface area contributed by atoms with E-state index in [4.69, 9.17) is 4.74 Å². The van der Waals surface area contributed by atoms with Gasteiger partial charge in [0.25, 0.3) is 5.70 Å². The molecule has 32 heavy (non-hydrogen) atoms. The number of benzene rings is 2. The maximum atomic E-state index is 13.0. The molecule has 1 unspecified atom stereocenters. The zero-order valence-corrected chi connectivity index (χ0v) is 17.5. The number of nitro groups is 1. The summed E-state index contributed by atoms with van der Waals surface area (Å²) in [6.07, 6.45) is 0.457. The van der Waals surface area contributed by atoms with Crippen molar-refractivity contribution >= 4 is 5.97 Å². The van der Waals surface area contributed by atoms with Gasteiger partial charge in [-0.25, -0.2) is 4.79 Å². The minimum absolute atomic E-state index is 0.0271. The number of allylic oxidation sites excluding steroid dienone is 3. The number of nitrogens with one attached hydrogen (secondary N) is 1. The van der Waals surface area contributed by atoms with Crippen LogP contribution in [0, 0.1) is 10.1 Å². The Morgan fingerprint density at radius 2 is 1.75 bits per heavy atom. The lowest BCUT2D eigenvalue weighted by molar-refractivity contribution is -0.431. The molecule has 0 aliphatic carbocycles. The molecule has 1 aliphatic rings. The normalized spacial score (nSPS) is 16.1. The predicted octanol–water partition coefficient (Wildman–Crippen LogP) is 4.54.